The van der Waals surface area contributed by atoms with Gasteiger partial charge >= 0.3 is 6.03 Å². The first-order valence-electron chi connectivity index (χ1n) is 6.10. The lowest BCUT2D eigenvalue weighted by molar-refractivity contribution is 0.250. The van der Waals surface area contributed by atoms with Crippen LogP contribution in [0.2, 0.25) is 0 Å². The van der Waals surface area contributed by atoms with Crippen molar-refractivity contribution < 1.29 is 4.79 Å². The van der Waals surface area contributed by atoms with Crippen LogP contribution in [-0.2, 0) is 0 Å². The van der Waals surface area contributed by atoms with E-state index in [9.17, 15) is 4.79 Å². The number of carbonyl (C=O) groups excluding carboxylic acids is 1. The monoisotopic (exact) mass is 253 g/mol. The Labute approximate surface area is 112 Å². The molecule has 0 spiro atoms. The highest BCUT2D eigenvalue weighted by Gasteiger charge is 2.04. The van der Waals surface area contributed by atoms with Crippen LogP contribution in [0.5, 0.6) is 0 Å². The summed E-state index contributed by atoms with van der Waals surface area (Å²) < 4.78 is 0. The average Bonchev–Trinajstić information content (AvgIpc) is 2.37. The molecule has 0 atom stereocenters. The third kappa shape index (κ3) is 3.23. The van der Waals surface area contributed by atoms with E-state index in [-0.39, 0.29) is 12.1 Å². The van der Waals surface area contributed by atoms with Crippen LogP contribution in [0.4, 0.5) is 10.5 Å². The molecule has 2 N–H and O–H groups in total. The molecule has 4 heteroatoms. The van der Waals surface area contributed by atoms with E-state index in [1.54, 1.807) is 6.07 Å². The largest absolute Gasteiger partial charge is 0.336 e. The van der Waals surface area contributed by atoms with Crippen molar-refractivity contribution in [1.82, 2.24) is 5.32 Å². The number of amides is 2. The molecule has 0 heterocycles. The fourth-order valence-electron chi connectivity index (χ4n) is 1.82. The zero-order valence-corrected chi connectivity index (χ0v) is 10.9. The van der Waals surface area contributed by atoms with E-state index in [4.69, 9.17) is 5.26 Å². The Hall–Kier alpha value is -2.54. The minimum atomic E-state index is -0.219. The topological polar surface area (TPSA) is 64.9 Å². The molecule has 19 heavy (non-hydrogen) atoms. The Morgan fingerprint density at radius 3 is 2.53 bits per heavy atom. The van der Waals surface area contributed by atoms with E-state index < -0.39 is 0 Å². The summed E-state index contributed by atoms with van der Waals surface area (Å²) in [6.45, 7) is 3.81. The lowest BCUT2D eigenvalue weighted by atomic mass is 10.1. The molecule has 0 saturated heterocycles. The van der Waals surface area contributed by atoms with Crippen molar-refractivity contribution in [3.63, 3.8) is 0 Å². The van der Waals surface area contributed by atoms with Crippen LogP contribution in [0, 0.1) is 11.3 Å². The maximum Gasteiger partial charge on any atom is 0.319 e. The third-order valence-corrected chi connectivity index (χ3v) is 2.65. The smallest absolute Gasteiger partial charge is 0.319 e. The van der Waals surface area contributed by atoms with Crippen molar-refractivity contribution in [2.24, 2.45) is 0 Å². The Kier molecular flexibility index (Phi) is 3.67. The molecular formula is C15H15N3O. The van der Waals surface area contributed by atoms with Crippen molar-refractivity contribution in [1.29, 1.82) is 5.26 Å². The molecule has 0 unspecified atom stereocenters. The molecule has 0 radical (unpaired) electrons. The van der Waals surface area contributed by atoms with Gasteiger partial charge in [-0.25, -0.2) is 4.79 Å². The number of hydrogen-bond donors (Lipinski definition) is 2. The number of fused-ring (bicyclic) bond motifs is 1. The summed E-state index contributed by atoms with van der Waals surface area (Å²) in [5.74, 6) is 0. The Morgan fingerprint density at radius 2 is 1.84 bits per heavy atom. The molecular weight excluding hydrogens is 238 g/mol. The number of anilines is 1. The first-order chi connectivity index (χ1) is 9.08. The van der Waals surface area contributed by atoms with Crippen LogP contribution in [-0.4, -0.2) is 12.1 Å². The molecule has 2 aromatic rings. The standard InChI is InChI=1S/C15H15N3O/c1-10(2)17-15(19)18-14-6-5-12-7-11(9-16)3-4-13(12)8-14/h3-8,10H,1-2H3,(H2,17,18,19). The zero-order valence-electron chi connectivity index (χ0n) is 10.9. The van der Waals surface area contributed by atoms with Crippen molar-refractivity contribution in [3.05, 3.63) is 42.0 Å². The minimum Gasteiger partial charge on any atom is -0.336 e. The molecule has 0 bridgehead atoms. The lowest BCUT2D eigenvalue weighted by Gasteiger charge is -2.10. The lowest BCUT2D eigenvalue weighted by Crippen LogP contribution is -2.34. The average molecular weight is 253 g/mol. The van der Waals surface area contributed by atoms with Crippen LogP contribution in [0.15, 0.2) is 36.4 Å². The summed E-state index contributed by atoms with van der Waals surface area (Å²) in [6.07, 6.45) is 0. The van der Waals surface area contributed by atoms with E-state index in [0.717, 1.165) is 16.5 Å². The van der Waals surface area contributed by atoms with Gasteiger partial charge in [0, 0.05) is 11.7 Å². The summed E-state index contributed by atoms with van der Waals surface area (Å²) in [5, 5.41) is 16.4. The summed E-state index contributed by atoms with van der Waals surface area (Å²) in [6, 6.07) is 13.0. The van der Waals surface area contributed by atoms with Crippen LogP contribution in [0.25, 0.3) is 10.8 Å². The van der Waals surface area contributed by atoms with Crippen LogP contribution >= 0.6 is 0 Å². The second-order valence-electron chi connectivity index (χ2n) is 4.64. The molecule has 2 rings (SSSR count). The number of benzene rings is 2. The van der Waals surface area contributed by atoms with Crippen molar-refractivity contribution in [2.45, 2.75) is 19.9 Å². The highest BCUT2D eigenvalue weighted by atomic mass is 16.2. The Morgan fingerprint density at radius 1 is 1.16 bits per heavy atom. The highest BCUT2D eigenvalue weighted by Crippen LogP contribution is 2.20. The van der Waals surface area contributed by atoms with Gasteiger partial charge in [-0.1, -0.05) is 12.1 Å². The normalized spacial score (nSPS) is 10.2. The molecule has 0 saturated carbocycles. The second kappa shape index (κ2) is 5.40. The molecule has 0 aliphatic heterocycles. The van der Waals surface area contributed by atoms with Gasteiger partial charge in [0.25, 0.3) is 0 Å². The van der Waals surface area contributed by atoms with Gasteiger partial charge in [-0.05, 0) is 48.9 Å². The van der Waals surface area contributed by atoms with E-state index in [1.807, 2.05) is 44.2 Å². The highest BCUT2D eigenvalue weighted by molar-refractivity contribution is 5.93. The van der Waals surface area contributed by atoms with Gasteiger partial charge in [0.2, 0.25) is 0 Å². The van der Waals surface area contributed by atoms with Gasteiger partial charge in [0.1, 0.15) is 0 Å². The maximum absolute atomic E-state index is 11.6. The molecule has 0 aromatic heterocycles. The molecule has 2 amide bonds. The summed E-state index contributed by atoms with van der Waals surface area (Å²) in [5.41, 5.74) is 1.36. The molecule has 96 valence electrons. The van der Waals surface area contributed by atoms with Gasteiger partial charge < -0.3 is 10.6 Å². The SMILES string of the molecule is CC(C)NC(=O)Nc1ccc2cc(C#N)ccc2c1. The molecule has 4 nitrogen and oxygen atoms in total. The van der Waals surface area contributed by atoms with E-state index in [1.165, 1.54) is 0 Å². The Bertz CT molecular complexity index is 656. The van der Waals surface area contributed by atoms with Crippen molar-refractivity contribution >= 4 is 22.5 Å². The summed E-state index contributed by atoms with van der Waals surface area (Å²) in [4.78, 5) is 11.6. The predicted molar refractivity (Wildman–Crippen MR) is 76.0 cm³/mol. The summed E-state index contributed by atoms with van der Waals surface area (Å²) in [7, 11) is 0. The first-order valence-corrected chi connectivity index (χ1v) is 6.10. The van der Waals surface area contributed by atoms with Gasteiger partial charge in [-0.3, -0.25) is 0 Å². The number of nitriles is 1. The third-order valence-electron chi connectivity index (χ3n) is 2.65. The second-order valence-corrected chi connectivity index (χ2v) is 4.64. The molecule has 0 aliphatic carbocycles. The van der Waals surface area contributed by atoms with E-state index in [0.29, 0.717) is 5.56 Å². The van der Waals surface area contributed by atoms with Crippen LogP contribution in [0.3, 0.4) is 0 Å². The van der Waals surface area contributed by atoms with E-state index >= 15 is 0 Å². The zero-order chi connectivity index (χ0) is 13.8. The van der Waals surface area contributed by atoms with Gasteiger partial charge in [0.05, 0.1) is 11.6 Å². The summed E-state index contributed by atoms with van der Waals surface area (Å²) >= 11 is 0. The number of urea groups is 1. The number of rotatable bonds is 2. The molecule has 0 fully saturated rings. The van der Waals surface area contributed by atoms with Gasteiger partial charge in [-0.2, -0.15) is 5.26 Å². The van der Waals surface area contributed by atoms with Gasteiger partial charge in [0.15, 0.2) is 0 Å². The predicted octanol–water partition coefficient (Wildman–Crippen LogP) is 3.24. The quantitative estimate of drug-likeness (QED) is 0.862. The number of nitrogens with zero attached hydrogens (tertiary/aromatic N) is 1. The van der Waals surface area contributed by atoms with Crippen molar-refractivity contribution in [2.75, 3.05) is 5.32 Å². The maximum atomic E-state index is 11.6. The minimum absolute atomic E-state index is 0.0960. The fourth-order valence-corrected chi connectivity index (χ4v) is 1.82. The molecule has 0 aliphatic rings. The van der Waals surface area contributed by atoms with Crippen molar-refractivity contribution in [3.8, 4) is 6.07 Å². The number of nitrogens with one attached hydrogen (secondary N) is 2. The first kappa shape index (κ1) is 12.9. The molecule has 2 aromatic carbocycles. The van der Waals surface area contributed by atoms with Crippen LogP contribution < -0.4 is 10.6 Å². The van der Waals surface area contributed by atoms with Gasteiger partial charge in [-0.15, -0.1) is 0 Å². The van der Waals surface area contributed by atoms with Crippen LogP contribution in [0.1, 0.15) is 19.4 Å². The Balaban J connectivity index is 2.23. The number of carbonyl (C=O) groups is 1. The fraction of sp³-hybridized carbons (Fsp3) is 0.200. The number of hydrogen-bond acceptors (Lipinski definition) is 2. The van der Waals surface area contributed by atoms with E-state index in [2.05, 4.69) is 16.7 Å².